The van der Waals surface area contributed by atoms with Crippen molar-refractivity contribution in [3.8, 4) is 0 Å². The van der Waals surface area contributed by atoms with E-state index in [1.165, 1.54) is 28.9 Å². The van der Waals surface area contributed by atoms with Crippen LogP contribution < -0.4 is 0 Å². The molecule has 0 nitrogen and oxygen atoms in total. The lowest BCUT2D eigenvalue weighted by molar-refractivity contribution is 1.15. The van der Waals surface area contributed by atoms with Gasteiger partial charge in [0.2, 0.25) is 0 Å². The average Bonchev–Trinajstić information content (AvgIpc) is 3.27. The Kier molecular flexibility index (Phi) is 3.95. The third-order valence-corrected chi connectivity index (χ3v) is 4.43. The maximum Gasteiger partial charge on any atom is 0.0406 e. The summed E-state index contributed by atoms with van der Waals surface area (Å²) in [6.45, 7) is 0. The molecule has 1 saturated carbocycles. The Bertz CT molecular complexity index is 568. The fraction of sp³-hybridized carbons (Fsp3) is 0.176. The van der Waals surface area contributed by atoms with Crippen LogP contribution in [0, 0.1) is 5.92 Å². The van der Waals surface area contributed by atoms with Crippen molar-refractivity contribution < 1.29 is 0 Å². The van der Waals surface area contributed by atoms with E-state index >= 15 is 0 Å². The molecule has 0 amide bonds. The van der Waals surface area contributed by atoms with Gasteiger partial charge in [-0.1, -0.05) is 53.7 Å². The molecule has 2 aromatic carbocycles. The summed E-state index contributed by atoms with van der Waals surface area (Å²) < 4.78 is 0. The molecule has 0 heterocycles. The van der Waals surface area contributed by atoms with Gasteiger partial charge in [0.25, 0.3) is 0 Å². The Hall–Kier alpha value is -1.18. The molecule has 0 aromatic heterocycles. The second-order valence-electron chi connectivity index (χ2n) is 4.79. The van der Waals surface area contributed by atoms with Gasteiger partial charge in [-0.2, -0.15) is 0 Å². The van der Waals surface area contributed by atoms with E-state index in [1.807, 2.05) is 12.1 Å². The maximum absolute atomic E-state index is 5.96. The zero-order chi connectivity index (χ0) is 13.1. The molecule has 2 aromatic rings. The van der Waals surface area contributed by atoms with Gasteiger partial charge in [0.1, 0.15) is 0 Å². The monoisotopic (exact) mass is 286 g/mol. The molecule has 1 aliphatic carbocycles. The Morgan fingerprint density at radius 2 is 1.68 bits per heavy atom. The van der Waals surface area contributed by atoms with Crippen molar-refractivity contribution in [2.24, 2.45) is 5.92 Å². The van der Waals surface area contributed by atoms with Gasteiger partial charge in [-0.05, 0) is 59.6 Å². The van der Waals surface area contributed by atoms with E-state index in [0.717, 1.165) is 10.9 Å². The summed E-state index contributed by atoms with van der Waals surface area (Å²) in [4.78, 5) is 1.29. The summed E-state index contributed by atoms with van der Waals surface area (Å²) in [5.41, 5.74) is 2.75. The zero-order valence-corrected chi connectivity index (χ0v) is 12.1. The third-order valence-electron chi connectivity index (χ3n) is 3.26. The van der Waals surface area contributed by atoms with Crippen LogP contribution in [0.1, 0.15) is 18.4 Å². The molecule has 3 rings (SSSR count). The number of hydrogen-bond donors (Lipinski definition) is 0. The third kappa shape index (κ3) is 3.43. The average molecular weight is 287 g/mol. The highest BCUT2D eigenvalue weighted by Gasteiger charge is 2.26. The highest BCUT2D eigenvalue weighted by molar-refractivity contribution is 8.02. The summed E-state index contributed by atoms with van der Waals surface area (Å²) >= 11 is 7.76. The quantitative estimate of drug-likeness (QED) is 0.632. The summed E-state index contributed by atoms with van der Waals surface area (Å²) in [5.74, 6) is 0.734. The van der Waals surface area contributed by atoms with Gasteiger partial charge in [-0.25, -0.2) is 0 Å². The predicted molar refractivity (Wildman–Crippen MR) is 84.5 cm³/mol. The minimum atomic E-state index is 0.734. The second kappa shape index (κ2) is 5.85. The number of thioether (sulfide) groups is 1. The second-order valence-corrected chi connectivity index (χ2v) is 6.16. The molecule has 96 valence electrons. The number of halogens is 1. The Balaban J connectivity index is 1.83. The van der Waals surface area contributed by atoms with Crippen LogP contribution in [-0.2, 0) is 0 Å². The van der Waals surface area contributed by atoms with Crippen LogP contribution in [0.5, 0.6) is 0 Å². The molecule has 1 fully saturated rings. The number of benzene rings is 2. The molecule has 2 heteroatoms. The van der Waals surface area contributed by atoms with Crippen LogP contribution in [0.2, 0.25) is 5.02 Å². The molecule has 0 unspecified atom stereocenters. The van der Waals surface area contributed by atoms with Crippen molar-refractivity contribution in [2.75, 3.05) is 0 Å². The summed E-state index contributed by atoms with van der Waals surface area (Å²) in [5, 5.41) is 3.10. The van der Waals surface area contributed by atoms with Gasteiger partial charge in [0.05, 0.1) is 0 Å². The lowest BCUT2D eigenvalue weighted by Crippen LogP contribution is -1.85. The van der Waals surface area contributed by atoms with E-state index < -0.39 is 0 Å². The number of rotatable bonds is 4. The molecular formula is C17H15ClS. The van der Waals surface area contributed by atoms with Gasteiger partial charge in [0, 0.05) is 9.92 Å². The van der Waals surface area contributed by atoms with Crippen molar-refractivity contribution in [3.05, 3.63) is 70.6 Å². The Morgan fingerprint density at radius 1 is 1.00 bits per heavy atom. The fourth-order valence-electron chi connectivity index (χ4n) is 2.07. The first kappa shape index (κ1) is 12.8. The van der Waals surface area contributed by atoms with E-state index in [2.05, 4.69) is 47.9 Å². The molecule has 0 N–H and O–H groups in total. The van der Waals surface area contributed by atoms with E-state index in [9.17, 15) is 0 Å². The van der Waals surface area contributed by atoms with Crippen molar-refractivity contribution in [2.45, 2.75) is 17.7 Å². The van der Waals surface area contributed by atoms with E-state index in [0.29, 0.717) is 0 Å². The molecule has 0 spiro atoms. The molecule has 0 aliphatic heterocycles. The molecule has 0 saturated heterocycles. The first-order valence-corrected chi connectivity index (χ1v) is 7.76. The van der Waals surface area contributed by atoms with Crippen LogP contribution in [0.4, 0.5) is 0 Å². The fourth-order valence-corrected chi connectivity index (χ4v) is 3.10. The molecule has 0 radical (unpaired) electrons. The summed E-state index contributed by atoms with van der Waals surface area (Å²) in [7, 11) is 0. The standard InChI is InChI=1S/C17H15ClS/c18-15-10-8-14(9-11-15)17(13-6-7-13)12-19-16-4-2-1-3-5-16/h1-5,8-13H,6-7H2/b17-12+. The Morgan fingerprint density at radius 3 is 2.32 bits per heavy atom. The van der Waals surface area contributed by atoms with Gasteiger partial charge >= 0.3 is 0 Å². The van der Waals surface area contributed by atoms with Gasteiger partial charge < -0.3 is 0 Å². The lowest BCUT2D eigenvalue weighted by atomic mass is 10.0. The largest absolute Gasteiger partial charge is 0.0978 e. The van der Waals surface area contributed by atoms with E-state index in [4.69, 9.17) is 11.6 Å². The minimum Gasteiger partial charge on any atom is -0.0978 e. The van der Waals surface area contributed by atoms with Crippen LogP contribution in [0.3, 0.4) is 0 Å². The van der Waals surface area contributed by atoms with Gasteiger partial charge in [0.15, 0.2) is 0 Å². The van der Waals surface area contributed by atoms with Gasteiger partial charge in [-0.15, -0.1) is 0 Å². The molecule has 0 bridgehead atoms. The summed E-state index contributed by atoms with van der Waals surface area (Å²) in [6, 6.07) is 18.7. The molecule has 19 heavy (non-hydrogen) atoms. The van der Waals surface area contributed by atoms with Crippen LogP contribution in [0.25, 0.3) is 5.57 Å². The first-order valence-electron chi connectivity index (χ1n) is 6.50. The normalized spacial score (nSPS) is 15.5. The highest BCUT2D eigenvalue weighted by atomic mass is 35.5. The van der Waals surface area contributed by atoms with Crippen LogP contribution in [0.15, 0.2) is 64.9 Å². The number of hydrogen-bond acceptors (Lipinski definition) is 1. The molecule has 1 aliphatic rings. The van der Waals surface area contributed by atoms with Crippen molar-refractivity contribution >= 4 is 28.9 Å². The molecular weight excluding hydrogens is 272 g/mol. The highest BCUT2D eigenvalue weighted by Crippen LogP contribution is 2.43. The van der Waals surface area contributed by atoms with Crippen molar-refractivity contribution in [1.29, 1.82) is 0 Å². The van der Waals surface area contributed by atoms with E-state index in [-0.39, 0.29) is 0 Å². The molecule has 0 atom stereocenters. The topological polar surface area (TPSA) is 0 Å². The van der Waals surface area contributed by atoms with Crippen LogP contribution in [-0.4, -0.2) is 0 Å². The summed E-state index contributed by atoms with van der Waals surface area (Å²) in [6.07, 6.45) is 2.62. The van der Waals surface area contributed by atoms with Crippen LogP contribution >= 0.6 is 23.4 Å². The van der Waals surface area contributed by atoms with E-state index in [1.54, 1.807) is 11.8 Å². The SMILES string of the molecule is Clc1ccc(/C(=C/Sc2ccccc2)C2CC2)cc1. The predicted octanol–water partition coefficient (Wildman–Crippen LogP) is 5.88. The Labute approximate surface area is 123 Å². The number of allylic oxidation sites excluding steroid dienone is 1. The first-order chi connectivity index (χ1) is 9.33. The van der Waals surface area contributed by atoms with Gasteiger partial charge in [-0.3, -0.25) is 0 Å². The smallest absolute Gasteiger partial charge is 0.0406 e. The lowest BCUT2D eigenvalue weighted by Gasteiger charge is -2.07. The van der Waals surface area contributed by atoms with Crippen molar-refractivity contribution in [1.82, 2.24) is 0 Å². The zero-order valence-electron chi connectivity index (χ0n) is 10.6. The van der Waals surface area contributed by atoms with Crippen molar-refractivity contribution in [3.63, 3.8) is 0 Å². The maximum atomic E-state index is 5.96. The minimum absolute atomic E-state index is 0.734.